The molecule has 0 atom stereocenters. The predicted octanol–water partition coefficient (Wildman–Crippen LogP) is 1.20. The Morgan fingerprint density at radius 2 is 2.06 bits per heavy atom. The number of rotatable bonds is 4. The molecule has 1 rings (SSSR count). The summed E-state index contributed by atoms with van der Waals surface area (Å²) in [6, 6.07) is 3.58. The summed E-state index contributed by atoms with van der Waals surface area (Å²) >= 11 is 0. The van der Waals surface area contributed by atoms with E-state index in [1.807, 2.05) is 0 Å². The number of guanidine groups is 1. The molecule has 4 nitrogen and oxygen atoms in total. The van der Waals surface area contributed by atoms with Gasteiger partial charge in [-0.1, -0.05) is 6.07 Å². The lowest BCUT2D eigenvalue weighted by Gasteiger charge is -2.09. The number of hydrogen-bond donors (Lipinski definition) is 2. The van der Waals surface area contributed by atoms with Crippen molar-refractivity contribution in [1.82, 2.24) is 0 Å². The third-order valence-electron chi connectivity index (χ3n) is 1.71. The molecule has 0 saturated carbocycles. The van der Waals surface area contributed by atoms with E-state index in [4.69, 9.17) is 11.5 Å². The summed E-state index contributed by atoms with van der Waals surface area (Å²) in [4.78, 5) is 3.53. The van der Waals surface area contributed by atoms with Gasteiger partial charge in [-0.2, -0.15) is 8.78 Å². The van der Waals surface area contributed by atoms with Crippen LogP contribution in [0.4, 0.5) is 13.2 Å². The third-order valence-corrected chi connectivity index (χ3v) is 1.71. The van der Waals surface area contributed by atoms with E-state index in [1.165, 1.54) is 12.1 Å². The molecule has 0 aliphatic carbocycles. The van der Waals surface area contributed by atoms with E-state index < -0.39 is 12.4 Å². The Balaban J connectivity index is 2.98. The SMILES string of the molecule is NC(N)=NCc1c(F)cccc1OC(F)F. The van der Waals surface area contributed by atoms with Gasteiger partial charge in [0.05, 0.1) is 12.1 Å². The summed E-state index contributed by atoms with van der Waals surface area (Å²) < 4.78 is 41.4. The van der Waals surface area contributed by atoms with Crippen LogP contribution in [-0.2, 0) is 6.54 Å². The number of alkyl halides is 2. The Morgan fingerprint density at radius 3 is 2.62 bits per heavy atom. The zero-order valence-electron chi connectivity index (χ0n) is 8.16. The van der Waals surface area contributed by atoms with Crippen LogP contribution in [0, 0.1) is 5.82 Å². The van der Waals surface area contributed by atoms with Crippen LogP contribution >= 0.6 is 0 Å². The summed E-state index contributed by atoms with van der Waals surface area (Å²) in [7, 11) is 0. The largest absolute Gasteiger partial charge is 0.434 e. The maximum absolute atomic E-state index is 13.3. The molecule has 0 aromatic heterocycles. The Bertz CT molecular complexity index is 392. The van der Waals surface area contributed by atoms with Crippen molar-refractivity contribution in [2.75, 3.05) is 0 Å². The van der Waals surface area contributed by atoms with E-state index in [9.17, 15) is 13.2 Å². The van der Waals surface area contributed by atoms with Crippen molar-refractivity contribution in [3.8, 4) is 5.75 Å². The number of ether oxygens (including phenoxy) is 1. The number of benzene rings is 1. The van der Waals surface area contributed by atoms with E-state index >= 15 is 0 Å². The second kappa shape index (κ2) is 5.24. The fraction of sp³-hybridized carbons (Fsp3) is 0.222. The van der Waals surface area contributed by atoms with E-state index in [0.29, 0.717) is 0 Å². The molecule has 0 heterocycles. The molecule has 0 radical (unpaired) electrons. The van der Waals surface area contributed by atoms with Gasteiger partial charge in [0.15, 0.2) is 5.96 Å². The highest BCUT2D eigenvalue weighted by Gasteiger charge is 2.12. The molecule has 0 saturated heterocycles. The molecule has 16 heavy (non-hydrogen) atoms. The number of aliphatic imine (C=N–C) groups is 1. The first-order chi connectivity index (χ1) is 7.50. The molecule has 0 bridgehead atoms. The standard InChI is InChI=1S/C9H10F3N3O/c10-6-2-1-3-7(16-8(11)12)5(6)4-15-9(13)14/h1-3,8H,4H2,(H4,13,14,15). The average Bonchev–Trinajstić information content (AvgIpc) is 2.15. The van der Waals surface area contributed by atoms with E-state index in [-0.39, 0.29) is 23.8 Å². The molecule has 1 aromatic rings. The van der Waals surface area contributed by atoms with Crippen molar-refractivity contribution in [2.45, 2.75) is 13.2 Å². The minimum absolute atomic E-state index is 0.115. The lowest BCUT2D eigenvalue weighted by Crippen LogP contribution is -2.22. The molecule has 1 aromatic carbocycles. The summed E-state index contributed by atoms with van der Waals surface area (Å²) in [5.41, 5.74) is 10.0. The fourth-order valence-electron chi connectivity index (χ4n) is 1.07. The van der Waals surface area contributed by atoms with Gasteiger partial charge >= 0.3 is 6.61 Å². The van der Waals surface area contributed by atoms with Crippen LogP contribution in [0.1, 0.15) is 5.56 Å². The van der Waals surface area contributed by atoms with Crippen LogP contribution in [0.5, 0.6) is 5.75 Å². The van der Waals surface area contributed by atoms with Gasteiger partial charge < -0.3 is 16.2 Å². The van der Waals surface area contributed by atoms with Gasteiger partial charge in [0.2, 0.25) is 0 Å². The van der Waals surface area contributed by atoms with E-state index in [1.54, 1.807) is 0 Å². The molecule has 4 N–H and O–H groups in total. The molecule has 0 unspecified atom stereocenters. The highest BCUT2D eigenvalue weighted by molar-refractivity contribution is 5.75. The van der Waals surface area contributed by atoms with Crippen molar-refractivity contribution in [1.29, 1.82) is 0 Å². The molecule has 88 valence electrons. The molecule has 0 aliphatic rings. The fourth-order valence-corrected chi connectivity index (χ4v) is 1.07. The monoisotopic (exact) mass is 233 g/mol. The van der Waals surface area contributed by atoms with Crippen molar-refractivity contribution < 1.29 is 17.9 Å². The first-order valence-corrected chi connectivity index (χ1v) is 4.28. The van der Waals surface area contributed by atoms with Crippen molar-refractivity contribution in [3.05, 3.63) is 29.6 Å². The van der Waals surface area contributed by atoms with Crippen LogP contribution in [0.3, 0.4) is 0 Å². The minimum Gasteiger partial charge on any atom is -0.434 e. The Hall–Kier alpha value is -1.92. The molecule has 0 amide bonds. The molecule has 0 spiro atoms. The van der Waals surface area contributed by atoms with Crippen molar-refractivity contribution >= 4 is 5.96 Å². The van der Waals surface area contributed by atoms with Gasteiger partial charge in [0.25, 0.3) is 0 Å². The van der Waals surface area contributed by atoms with Gasteiger partial charge in [0, 0.05) is 0 Å². The van der Waals surface area contributed by atoms with Gasteiger partial charge in [-0.25, -0.2) is 9.38 Å². The zero-order chi connectivity index (χ0) is 12.1. The zero-order valence-corrected chi connectivity index (χ0v) is 8.16. The van der Waals surface area contributed by atoms with Gasteiger partial charge in [-0.15, -0.1) is 0 Å². The first kappa shape index (κ1) is 12.2. The second-order valence-electron chi connectivity index (χ2n) is 2.84. The second-order valence-corrected chi connectivity index (χ2v) is 2.84. The number of nitrogens with two attached hydrogens (primary N) is 2. The van der Waals surface area contributed by atoms with Crippen LogP contribution in [0.15, 0.2) is 23.2 Å². The number of hydrogen-bond acceptors (Lipinski definition) is 2. The summed E-state index contributed by atoms with van der Waals surface area (Å²) in [5, 5.41) is 0. The first-order valence-electron chi connectivity index (χ1n) is 4.28. The van der Waals surface area contributed by atoms with Crippen LogP contribution in [0.25, 0.3) is 0 Å². The predicted molar refractivity (Wildman–Crippen MR) is 52.5 cm³/mol. The van der Waals surface area contributed by atoms with Gasteiger partial charge in [-0.05, 0) is 12.1 Å². The topological polar surface area (TPSA) is 73.6 Å². The molecule has 7 heteroatoms. The average molecular weight is 233 g/mol. The smallest absolute Gasteiger partial charge is 0.387 e. The molecular weight excluding hydrogens is 223 g/mol. The van der Waals surface area contributed by atoms with Crippen molar-refractivity contribution in [3.63, 3.8) is 0 Å². The lowest BCUT2D eigenvalue weighted by molar-refractivity contribution is -0.0506. The Kier molecular flexibility index (Phi) is 3.98. The normalized spacial score (nSPS) is 10.2. The number of nitrogens with zero attached hydrogens (tertiary/aromatic N) is 1. The maximum atomic E-state index is 13.3. The summed E-state index contributed by atoms with van der Waals surface area (Å²) in [6.45, 7) is -3.28. The van der Waals surface area contributed by atoms with E-state index in [0.717, 1.165) is 6.07 Å². The van der Waals surface area contributed by atoms with E-state index in [2.05, 4.69) is 9.73 Å². The minimum atomic E-state index is -3.03. The van der Waals surface area contributed by atoms with Crippen LogP contribution < -0.4 is 16.2 Å². The maximum Gasteiger partial charge on any atom is 0.387 e. The quantitative estimate of drug-likeness (QED) is 0.606. The van der Waals surface area contributed by atoms with Crippen LogP contribution in [-0.4, -0.2) is 12.6 Å². The van der Waals surface area contributed by atoms with Gasteiger partial charge in [0.1, 0.15) is 11.6 Å². The number of halogens is 3. The lowest BCUT2D eigenvalue weighted by atomic mass is 10.2. The molecule has 0 aliphatic heterocycles. The Labute approximate surface area is 89.7 Å². The van der Waals surface area contributed by atoms with Crippen molar-refractivity contribution in [2.24, 2.45) is 16.5 Å². The summed E-state index contributed by atoms with van der Waals surface area (Å²) in [6.07, 6.45) is 0. The molecular formula is C9H10F3N3O. The highest BCUT2D eigenvalue weighted by atomic mass is 19.3. The highest BCUT2D eigenvalue weighted by Crippen LogP contribution is 2.23. The van der Waals surface area contributed by atoms with Gasteiger partial charge in [-0.3, -0.25) is 0 Å². The summed E-state index contributed by atoms with van der Waals surface area (Å²) in [5.74, 6) is -1.24. The molecule has 0 fully saturated rings. The third kappa shape index (κ3) is 3.34. The van der Waals surface area contributed by atoms with Crippen LogP contribution in [0.2, 0.25) is 0 Å². The Morgan fingerprint density at radius 1 is 1.38 bits per heavy atom.